The third-order valence-electron chi connectivity index (χ3n) is 3.44. The summed E-state index contributed by atoms with van der Waals surface area (Å²) in [7, 11) is 0. The lowest BCUT2D eigenvalue weighted by atomic mass is 10.1. The first-order valence-electron chi connectivity index (χ1n) is 6.19. The summed E-state index contributed by atoms with van der Waals surface area (Å²) in [5.41, 5.74) is 5.77. The predicted molar refractivity (Wildman–Crippen MR) is 75.5 cm³/mol. The van der Waals surface area contributed by atoms with Gasteiger partial charge in [-0.05, 0) is 43.2 Å². The standard InChI is InChI=1S/C16H14N2O/c1-11-5-6-13(8-12(11)2)15-9-18-7-3-4-14(10-19)16(18)17-15/h3-10H,1-2H3. The van der Waals surface area contributed by atoms with E-state index in [0.717, 1.165) is 17.5 Å². The highest BCUT2D eigenvalue weighted by Gasteiger charge is 2.08. The van der Waals surface area contributed by atoms with Crippen molar-refractivity contribution >= 4 is 11.9 Å². The summed E-state index contributed by atoms with van der Waals surface area (Å²) < 4.78 is 1.88. The lowest BCUT2D eigenvalue weighted by Crippen LogP contribution is -1.88. The zero-order valence-electron chi connectivity index (χ0n) is 10.9. The van der Waals surface area contributed by atoms with Crippen molar-refractivity contribution in [2.24, 2.45) is 0 Å². The van der Waals surface area contributed by atoms with Crippen molar-refractivity contribution in [3.05, 3.63) is 59.4 Å². The van der Waals surface area contributed by atoms with Crippen LogP contribution in [0, 0.1) is 13.8 Å². The summed E-state index contributed by atoms with van der Waals surface area (Å²) in [5, 5.41) is 0. The van der Waals surface area contributed by atoms with E-state index in [4.69, 9.17) is 0 Å². The number of aldehydes is 1. The van der Waals surface area contributed by atoms with Gasteiger partial charge >= 0.3 is 0 Å². The topological polar surface area (TPSA) is 34.4 Å². The van der Waals surface area contributed by atoms with Gasteiger partial charge in [-0.25, -0.2) is 4.98 Å². The maximum Gasteiger partial charge on any atom is 0.153 e. The van der Waals surface area contributed by atoms with E-state index in [1.54, 1.807) is 6.07 Å². The van der Waals surface area contributed by atoms with Gasteiger partial charge in [0.05, 0.1) is 11.3 Å². The third kappa shape index (κ3) is 1.93. The molecule has 0 radical (unpaired) electrons. The molecule has 0 aliphatic heterocycles. The summed E-state index contributed by atoms with van der Waals surface area (Å²) in [5.74, 6) is 0. The van der Waals surface area contributed by atoms with Crippen molar-refractivity contribution in [3.63, 3.8) is 0 Å². The SMILES string of the molecule is Cc1ccc(-c2cn3cccc(C=O)c3n2)cc1C. The molecule has 3 nitrogen and oxygen atoms in total. The van der Waals surface area contributed by atoms with Gasteiger partial charge in [0.25, 0.3) is 0 Å². The van der Waals surface area contributed by atoms with Crippen LogP contribution in [0.3, 0.4) is 0 Å². The molecule has 2 aromatic heterocycles. The molecular formula is C16H14N2O. The predicted octanol–water partition coefficient (Wildman–Crippen LogP) is 3.43. The second-order valence-corrected chi connectivity index (χ2v) is 4.74. The van der Waals surface area contributed by atoms with Gasteiger partial charge < -0.3 is 4.40 Å². The van der Waals surface area contributed by atoms with Crippen molar-refractivity contribution < 1.29 is 4.79 Å². The molecule has 0 saturated carbocycles. The highest BCUT2D eigenvalue weighted by atomic mass is 16.1. The summed E-state index contributed by atoms with van der Waals surface area (Å²) in [6.07, 6.45) is 4.69. The Morgan fingerprint density at radius 2 is 2.00 bits per heavy atom. The average molecular weight is 250 g/mol. The highest BCUT2D eigenvalue weighted by Crippen LogP contribution is 2.22. The molecular weight excluding hydrogens is 236 g/mol. The van der Waals surface area contributed by atoms with E-state index in [1.807, 2.05) is 22.9 Å². The summed E-state index contributed by atoms with van der Waals surface area (Å²) in [4.78, 5) is 15.6. The Kier molecular flexibility index (Phi) is 2.67. The largest absolute Gasteiger partial charge is 0.306 e. The first-order chi connectivity index (χ1) is 9.19. The zero-order valence-corrected chi connectivity index (χ0v) is 10.9. The first-order valence-corrected chi connectivity index (χ1v) is 6.19. The number of pyridine rings is 1. The van der Waals surface area contributed by atoms with Crippen LogP contribution in [0.5, 0.6) is 0 Å². The van der Waals surface area contributed by atoms with Crippen molar-refractivity contribution in [3.8, 4) is 11.3 Å². The van der Waals surface area contributed by atoms with Gasteiger partial charge in [-0.15, -0.1) is 0 Å². The molecule has 94 valence electrons. The third-order valence-corrected chi connectivity index (χ3v) is 3.44. The average Bonchev–Trinajstić information content (AvgIpc) is 2.85. The number of aryl methyl sites for hydroxylation is 2. The molecule has 0 atom stereocenters. The number of hydrogen-bond donors (Lipinski definition) is 0. The Hall–Kier alpha value is -2.42. The lowest BCUT2D eigenvalue weighted by molar-refractivity contribution is 0.112. The Balaban J connectivity index is 2.20. The lowest BCUT2D eigenvalue weighted by Gasteiger charge is -2.01. The first kappa shape index (κ1) is 11.7. The maximum absolute atomic E-state index is 11.0. The van der Waals surface area contributed by atoms with Crippen LogP contribution < -0.4 is 0 Å². The molecule has 3 aromatic rings. The van der Waals surface area contributed by atoms with E-state index in [1.165, 1.54) is 11.1 Å². The summed E-state index contributed by atoms with van der Waals surface area (Å²) in [6, 6.07) is 9.90. The molecule has 0 N–H and O–H groups in total. The van der Waals surface area contributed by atoms with E-state index >= 15 is 0 Å². The van der Waals surface area contributed by atoms with Crippen LogP contribution in [-0.4, -0.2) is 15.7 Å². The molecule has 3 rings (SSSR count). The monoisotopic (exact) mass is 250 g/mol. The number of nitrogens with zero attached hydrogens (tertiary/aromatic N) is 2. The van der Waals surface area contributed by atoms with Crippen LogP contribution >= 0.6 is 0 Å². The fourth-order valence-corrected chi connectivity index (χ4v) is 2.17. The molecule has 0 bridgehead atoms. The van der Waals surface area contributed by atoms with E-state index < -0.39 is 0 Å². The molecule has 0 aliphatic carbocycles. The fourth-order valence-electron chi connectivity index (χ4n) is 2.17. The molecule has 2 heterocycles. The molecule has 19 heavy (non-hydrogen) atoms. The molecule has 0 amide bonds. The maximum atomic E-state index is 11.0. The fraction of sp³-hybridized carbons (Fsp3) is 0.125. The molecule has 0 unspecified atom stereocenters. The van der Waals surface area contributed by atoms with Crippen molar-refractivity contribution in [1.82, 2.24) is 9.38 Å². The summed E-state index contributed by atoms with van der Waals surface area (Å²) in [6.45, 7) is 4.18. The van der Waals surface area contributed by atoms with Crippen LogP contribution in [0.4, 0.5) is 0 Å². The van der Waals surface area contributed by atoms with Crippen LogP contribution in [-0.2, 0) is 0 Å². The number of hydrogen-bond acceptors (Lipinski definition) is 2. The minimum absolute atomic E-state index is 0.609. The summed E-state index contributed by atoms with van der Waals surface area (Å²) >= 11 is 0. The quantitative estimate of drug-likeness (QED) is 0.653. The van der Waals surface area contributed by atoms with Gasteiger partial charge in [-0.1, -0.05) is 12.1 Å². The Morgan fingerprint density at radius 1 is 1.16 bits per heavy atom. The number of imidazole rings is 1. The molecule has 1 aromatic carbocycles. The van der Waals surface area contributed by atoms with E-state index in [0.29, 0.717) is 11.2 Å². The molecule has 3 heteroatoms. The molecule has 0 fully saturated rings. The van der Waals surface area contributed by atoms with Crippen molar-refractivity contribution in [2.75, 3.05) is 0 Å². The molecule has 0 aliphatic rings. The molecule has 0 saturated heterocycles. The minimum atomic E-state index is 0.609. The number of rotatable bonds is 2. The Morgan fingerprint density at radius 3 is 2.74 bits per heavy atom. The van der Waals surface area contributed by atoms with Crippen molar-refractivity contribution in [2.45, 2.75) is 13.8 Å². The highest BCUT2D eigenvalue weighted by molar-refractivity contribution is 5.85. The Bertz CT molecular complexity index is 772. The Labute approximate surface area is 111 Å². The molecule has 0 spiro atoms. The number of carbonyl (C=O) groups excluding carboxylic acids is 1. The van der Waals surface area contributed by atoms with Crippen LogP contribution in [0.2, 0.25) is 0 Å². The van der Waals surface area contributed by atoms with Crippen LogP contribution in [0.15, 0.2) is 42.7 Å². The van der Waals surface area contributed by atoms with Gasteiger partial charge in [-0.2, -0.15) is 0 Å². The smallest absolute Gasteiger partial charge is 0.153 e. The van der Waals surface area contributed by atoms with Gasteiger partial charge in [0.1, 0.15) is 5.65 Å². The van der Waals surface area contributed by atoms with Gasteiger partial charge in [0.15, 0.2) is 6.29 Å². The number of carbonyl (C=O) groups is 1. The second kappa shape index (κ2) is 4.35. The minimum Gasteiger partial charge on any atom is -0.306 e. The van der Waals surface area contributed by atoms with Crippen LogP contribution in [0.25, 0.3) is 16.9 Å². The van der Waals surface area contributed by atoms with E-state index in [9.17, 15) is 4.79 Å². The van der Waals surface area contributed by atoms with Gasteiger partial charge in [0.2, 0.25) is 0 Å². The van der Waals surface area contributed by atoms with Gasteiger partial charge in [-0.3, -0.25) is 4.79 Å². The van der Waals surface area contributed by atoms with Crippen LogP contribution in [0.1, 0.15) is 21.5 Å². The van der Waals surface area contributed by atoms with E-state index in [2.05, 4.69) is 37.0 Å². The number of fused-ring (bicyclic) bond motifs is 1. The van der Waals surface area contributed by atoms with Gasteiger partial charge in [0, 0.05) is 18.0 Å². The number of benzene rings is 1. The second-order valence-electron chi connectivity index (χ2n) is 4.74. The normalized spacial score (nSPS) is 10.8. The van der Waals surface area contributed by atoms with Crippen molar-refractivity contribution in [1.29, 1.82) is 0 Å². The zero-order chi connectivity index (χ0) is 13.4. The van der Waals surface area contributed by atoms with E-state index in [-0.39, 0.29) is 0 Å². The number of aromatic nitrogens is 2.